The van der Waals surface area contributed by atoms with Crippen LogP contribution in [0.1, 0.15) is 49.0 Å². The lowest BCUT2D eigenvalue weighted by molar-refractivity contribution is 0.276. The topological polar surface area (TPSA) is 49.2 Å². The van der Waals surface area contributed by atoms with Gasteiger partial charge in [0.05, 0.1) is 30.7 Å². The van der Waals surface area contributed by atoms with Gasteiger partial charge in [-0.15, -0.1) is 11.3 Å². The highest BCUT2D eigenvalue weighted by Gasteiger charge is 2.31. The summed E-state index contributed by atoms with van der Waals surface area (Å²) >= 11 is 1.77. The third-order valence-electron chi connectivity index (χ3n) is 3.73. The maximum absolute atomic E-state index is 9.69. The maximum Gasteiger partial charge on any atom is 0.131 e. The van der Waals surface area contributed by atoms with E-state index in [1.54, 1.807) is 11.3 Å². The summed E-state index contributed by atoms with van der Waals surface area (Å²) in [5, 5.41) is 11.8. The van der Waals surface area contributed by atoms with Gasteiger partial charge in [0.15, 0.2) is 0 Å². The largest absolute Gasteiger partial charge is 0.390 e. The molecule has 0 atom stereocenters. The fourth-order valence-corrected chi connectivity index (χ4v) is 3.13. The zero-order valence-electron chi connectivity index (χ0n) is 12.5. The summed E-state index contributed by atoms with van der Waals surface area (Å²) in [5.41, 5.74) is 1.73. The number of anilines is 1. The Labute approximate surface area is 129 Å². The molecule has 2 aromatic rings. The molecule has 21 heavy (non-hydrogen) atoms. The van der Waals surface area contributed by atoms with Crippen LogP contribution in [0.25, 0.3) is 0 Å². The number of hydrogen-bond donors (Lipinski definition) is 1. The monoisotopic (exact) mass is 303 g/mol. The van der Waals surface area contributed by atoms with E-state index in [4.69, 9.17) is 0 Å². The Morgan fingerprint density at radius 3 is 2.81 bits per heavy atom. The molecule has 1 fully saturated rings. The first kappa shape index (κ1) is 14.5. The van der Waals surface area contributed by atoms with E-state index in [0.717, 1.165) is 23.8 Å². The first-order valence-electron chi connectivity index (χ1n) is 7.44. The normalized spacial score (nSPS) is 14.7. The first-order valence-corrected chi connectivity index (χ1v) is 8.32. The summed E-state index contributed by atoms with van der Waals surface area (Å²) in [4.78, 5) is 12.7. The molecule has 5 heteroatoms. The van der Waals surface area contributed by atoms with E-state index < -0.39 is 0 Å². The van der Waals surface area contributed by atoms with Gasteiger partial charge in [-0.3, -0.25) is 0 Å². The molecule has 1 aliphatic carbocycles. The van der Waals surface area contributed by atoms with Crippen LogP contribution in [0, 0.1) is 0 Å². The number of aromatic nitrogens is 2. The van der Waals surface area contributed by atoms with E-state index in [-0.39, 0.29) is 12.5 Å². The van der Waals surface area contributed by atoms with Crippen LogP contribution in [0.2, 0.25) is 0 Å². The third-order valence-corrected chi connectivity index (χ3v) is 4.59. The van der Waals surface area contributed by atoms with Crippen molar-refractivity contribution in [3.63, 3.8) is 0 Å². The van der Waals surface area contributed by atoms with Crippen LogP contribution in [0.5, 0.6) is 0 Å². The molecular weight excluding hydrogens is 282 g/mol. The molecule has 1 saturated carbocycles. The molecule has 1 N–H and O–H groups in total. The molecular formula is C16H21N3OS. The zero-order valence-corrected chi connectivity index (χ0v) is 13.3. The van der Waals surface area contributed by atoms with Gasteiger partial charge in [-0.2, -0.15) is 0 Å². The van der Waals surface area contributed by atoms with Crippen molar-refractivity contribution in [1.82, 2.24) is 9.97 Å². The van der Waals surface area contributed by atoms with E-state index in [1.165, 1.54) is 17.7 Å². The molecule has 0 amide bonds. The SMILES string of the molecule is CC(C)c1ncc(N(Cc2cccs2)C2CC2)c(CO)n1. The van der Waals surface area contributed by atoms with Crippen molar-refractivity contribution in [1.29, 1.82) is 0 Å². The molecule has 1 aliphatic rings. The van der Waals surface area contributed by atoms with Crippen LogP contribution in [0.15, 0.2) is 23.7 Å². The lowest BCUT2D eigenvalue weighted by Gasteiger charge is -2.26. The second kappa shape index (κ2) is 6.12. The van der Waals surface area contributed by atoms with Crippen molar-refractivity contribution in [3.05, 3.63) is 40.1 Å². The molecule has 4 nitrogen and oxygen atoms in total. The fraction of sp³-hybridized carbons (Fsp3) is 0.500. The Kier molecular flexibility index (Phi) is 4.22. The van der Waals surface area contributed by atoms with E-state index >= 15 is 0 Å². The standard InChI is InChI=1S/C16H21N3OS/c1-11(2)16-17-8-15(14(10-20)18-16)19(12-5-6-12)9-13-4-3-7-21-13/h3-4,7-8,11-12,20H,5-6,9-10H2,1-2H3. The van der Waals surface area contributed by atoms with Crippen molar-refractivity contribution in [2.75, 3.05) is 4.90 Å². The van der Waals surface area contributed by atoms with Gasteiger partial charge in [-0.25, -0.2) is 9.97 Å². The minimum atomic E-state index is -0.0365. The summed E-state index contributed by atoms with van der Waals surface area (Å²) in [7, 11) is 0. The molecule has 2 aromatic heterocycles. The Morgan fingerprint density at radius 2 is 2.24 bits per heavy atom. The average molecular weight is 303 g/mol. The van der Waals surface area contributed by atoms with Crippen molar-refractivity contribution in [2.24, 2.45) is 0 Å². The molecule has 2 heterocycles. The first-order chi connectivity index (χ1) is 10.2. The minimum absolute atomic E-state index is 0.0365. The average Bonchev–Trinajstić information content (AvgIpc) is 3.21. The van der Waals surface area contributed by atoms with Crippen LogP contribution in [0.4, 0.5) is 5.69 Å². The maximum atomic E-state index is 9.69. The highest BCUT2D eigenvalue weighted by atomic mass is 32.1. The predicted molar refractivity (Wildman–Crippen MR) is 85.6 cm³/mol. The van der Waals surface area contributed by atoms with Crippen molar-refractivity contribution < 1.29 is 5.11 Å². The lowest BCUT2D eigenvalue weighted by Crippen LogP contribution is -2.26. The van der Waals surface area contributed by atoms with Crippen molar-refractivity contribution in [3.8, 4) is 0 Å². The van der Waals surface area contributed by atoms with Gasteiger partial charge < -0.3 is 10.0 Å². The van der Waals surface area contributed by atoms with Crippen LogP contribution in [-0.2, 0) is 13.2 Å². The lowest BCUT2D eigenvalue weighted by atomic mass is 10.2. The summed E-state index contributed by atoms with van der Waals surface area (Å²) in [6, 6.07) is 4.80. The highest BCUT2D eigenvalue weighted by molar-refractivity contribution is 7.09. The van der Waals surface area contributed by atoms with Crippen molar-refractivity contribution in [2.45, 2.75) is 51.8 Å². The molecule has 0 bridgehead atoms. The van der Waals surface area contributed by atoms with Gasteiger partial charge in [0.1, 0.15) is 5.82 Å². The summed E-state index contributed by atoms with van der Waals surface area (Å²) < 4.78 is 0. The molecule has 0 aromatic carbocycles. The van der Waals surface area contributed by atoms with Crippen LogP contribution < -0.4 is 4.90 Å². The smallest absolute Gasteiger partial charge is 0.131 e. The second-order valence-electron chi connectivity index (χ2n) is 5.81. The zero-order chi connectivity index (χ0) is 14.8. The van der Waals surface area contributed by atoms with E-state index in [0.29, 0.717) is 6.04 Å². The van der Waals surface area contributed by atoms with Gasteiger partial charge in [-0.1, -0.05) is 19.9 Å². The van der Waals surface area contributed by atoms with E-state index in [9.17, 15) is 5.11 Å². The number of thiophene rings is 1. The number of rotatable bonds is 6. The predicted octanol–water partition coefficient (Wildman–Crippen LogP) is 3.32. The number of hydrogen-bond acceptors (Lipinski definition) is 5. The molecule has 3 rings (SSSR count). The van der Waals surface area contributed by atoms with Gasteiger partial charge >= 0.3 is 0 Å². The van der Waals surface area contributed by atoms with Gasteiger partial charge in [0.2, 0.25) is 0 Å². The number of nitrogens with zero attached hydrogens (tertiary/aromatic N) is 3. The summed E-state index contributed by atoms with van der Waals surface area (Å²) in [6.07, 6.45) is 4.31. The Morgan fingerprint density at radius 1 is 1.43 bits per heavy atom. The van der Waals surface area contributed by atoms with Crippen LogP contribution >= 0.6 is 11.3 Å². The minimum Gasteiger partial charge on any atom is -0.390 e. The second-order valence-corrected chi connectivity index (χ2v) is 6.84. The third kappa shape index (κ3) is 3.24. The molecule has 112 valence electrons. The van der Waals surface area contributed by atoms with Crippen LogP contribution in [0.3, 0.4) is 0 Å². The van der Waals surface area contributed by atoms with Gasteiger partial charge in [0, 0.05) is 16.8 Å². The molecule has 0 spiro atoms. The highest BCUT2D eigenvalue weighted by Crippen LogP contribution is 2.35. The van der Waals surface area contributed by atoms with E-state index in [1.807, 2.05) is 6.20 Å². The fourth-order valence-electron chi connectivity index (χ4n) is 2.43. The molecule has 0 saturated heterocycles. The summed E-state index contributed by atoms with van der Waals surface area (Å²) in [5.74, 6) is 1.07. The molecule has 0 aliphatic heterocycles. The number of aliphatic hydroxyl groups is 1. The Hall–Kier alpha value is -1.46. The Bertz CT molecular complexity index is 594. The Balaban J connectivity index is 1.91. The molecule has 0 radical (unpaired) electrons. The number of aliphatic hydroxyl groups excluding tert-OH is 1. The van der Waals surface area contributed by atoms with Crippen LogP contribution in [-0.4, -0.2) is 21.1 Å². The van der Waals surface area contributed by atoms with Gasteiger partial charge in [-0.05, 0) is 24.3 Å². The quantitative estimate of drug-likeness (QED) is 0.889. The van der Waals surface area contributed by atoms with Gasteiger partial charge in [0.25, 0.3) is 0 Å². The van der Waals surface area contributed by atoms with E-state index in [2.05, 4.69) is 46.2 Å². The van der Waals surface area contributed by atoms with Crippen molar-refractivity contribution >= 4 is 17.0 Å². The summed E-state index contributed by atoms with van der Waals surface area (Å²) in [6.45, 7) is 4.98. The molecule has 0 unspecified atom stereocenters.